The molecule has 7 heterocycles. The fourth-order valence-electron chi connectivity index (χ4n) is 6.59. The number of aromatic amines is 2. The Bertz CT molecular complexity index is 2390. The predicted molar refractivity (Wildman–Crippen MR) is 203 cm³/mol. The monoisotopic (exact) mass is 692 g/mol. The minimum atomic E-state index is -0.390. The third-order valence-electron chi connectivity index (χ3n) is 9.48. The molecule has 0 atom stereocenters. The third-order valence-corrected chi connectivity index (χ3v) is 9.48. The van der Waals surface area contributed by atoms with E-state index in [1.165, 1.54) is 12.4 Å². The van der Waals surface area contributed by atoms with Crippen molar-refractivity contribution in [2.75, 3.05) is 13.2 Å². The summed E-state index contributed by atoms with van der Waals surface area (Å²) in [5.41, 5.74) is 14.8. The van der Waals surface area contributed by atoms with Crippen LogP contribution in [0, 0.1) is 13.8 Å². The number of aryl methyl sites for hydroxylation is 2. The Balaban J connectivity index is 1.25. The van der Waals surface area contributed by atoms with Gasteiger partial charge in [0.2, 0.25) is 0 Å². The molecule has 0 unspecified atom stereocenters. The summed E-state index contributed by atoms with van der Waals surface area (Å²) in [5.74, 6) is -0.780. The summed E-state index contributed by atoms with van der Waals surface area (Å²) in [6.07, 6.45) is 8.82. The van der Waals surface area contributed by atoms with Gasteiger partial charge in [-0.25, -0.2) is 19.6 Å². The maximum absolute atomic E-state index is 12.6. The minimum Gasteiger partial charge on any atom is -0.462 e. The van der Waals surface area contributed by atoms with Crippen molar-refractivity contribution in [3.8, 4) is 0 Å². The largest absolute Gasteiger partial charge is 0.462 e. The smallest absolute Gasteiger partial charge is 0.339 e. The Labute approximate surface area is 301 Å². The van der Waals surface area contributed by atoms with Gasteiger partial charge in [-0.05, 0) is 147 Å². The van der Waals surface area contributed by atoms with Crippen LogP contribution in [0.3, 0.4) is 0 Å². The fraction of sp³-hybridized carbons (Fsp3) is 0.238. The number of pyridine rings is 2. The lowest BCUT2D eigenvalue weighted by Gasteiger charge is -2.08. The molecule has 0 aliphatic carbocycles. The molecule has 5 aromatic rings. The van der Waals surface area contributed by atoms with E-state index in [4.69, 9.17) is 19.4 Å². The molecule has 52 heavy (non-hydrogen) atoms. The van der Waals surface area contributed by atoms with E-state index in [1.807, 2.05) is 0 Å². The lowest BCUT2D eigenvalue weighted by atomic mass is 9.98. The van der Waals surface area contributed by atoms with Crippen LogP contribution in [0.1, 0.15) is 94.1 Å². The third kappa shape index (κ3) is 7.46. The standard InChI is InChI=1S/C42H40N6O4/c1-25-17-32-20-37-27(3)33(11-7-15-51-41(49)29-9-5-13-43-23-29)39(47-37)22-40-34(12-8-16-52-42(50)30-10-6-14-44-24-30)28(4)38(48-40)21-36-26(2)18-31(46-36)19-35(25)45-32/h5-6,9-10,13-14,17-24,45-46H,7-8,11-12,15-16H2,1-4H3. The number of ether oxygens (including phenoxy) is 2. The molecule has 2 N–H and O–H groups in total. The van der Waals surface area contributed by atoms with Gasteiger partial charge in [0.1, 0.15) is 0 Å². The molecule has 0 fully saturated rings. The van der Waals surface area contributed by atoms with Crippen molar-refractivity contribution in [3.63, 3.8) is 0 Å². The second-order valence-corrected chi connectivity index (χ2v) is 13.2. The van der Waals surface area contributed by atoms with E-state index in [0.717, 1.165) is 78.3 Å². The van der Waals surface area contributed by atoms with Gasteiger partial charge in [0.05, 0.1) is 47.1 Å². The molecule has 7 rings (SSSR count). The van der Waals surface area contributed by atoms with Crippen molar-refractivity contribution < 1.29 is 19.1 Å². The minimum absolute atomic E-state index is 0.263. The van der Waals surface area contributed by atoms with Crippen molar-refractivity contribution >= 4 is 56.3 Å². The number of rotatable bonds is 10. The normalized spacial score (nSPS) is 12.7. The molecular formula is C42H40N6O4. The Morgan fingerprint density at radius 3 is 1.58 bits per heavy atom. The Hall–Kier alpha value is -6.16. The van der Waals surface area contributed by atoms with Crippen LogP contribution >= 0.6 is 0 Å². The Morgan fingerprint density at radius 1 is 0.596 bits per heavy atom. The van der Waals surface area contributed by atoms with Crippen molar-refractivity contribution in [1.29, 1.82) is 0 Å². The number of carbonyl (C=O) groups excluding carboxylic acids is 2. The summed E-state index contributed by atoms with van der Waals surface area (Å²) < 4.78 is 11.2. The van der Waals surface area contributed by atoms with Crippen molar-refractivity contribution in [2.45, 2.75) is 53.4 Å². The molecule has 10 heteroatoms. The van der Waals surface area contributed by atoms with E-state index >= 15 is 0 Å². The summed E-state index contributed by atoms with van der Waals surface area (Å²) in [4.78, 5) is 50.6. The SMILES string of the molecule is CC1=C(CCCOC(=O)c2cccnc2)c2cc3nc(cc4[nH]c(cc4C)cc4[nH]c(cc1n2)cc4C)C(C)=C3CCCOC(=O)c1cccnc1. The number of hydrogen-bond donors (Lipinski definition) is 2. The van der Waals surface area contributed by atoms with Crippen LogP contribution in [0.15, 0.2) is 85.5 Å². The number of hydrogen-bond acceptors (Lipinski definition) is 8. The first-order valence-corrected chi connectivity index (χ1v) is 17.5. The van der Waals surface area contributed by atoms with E-state index in [-0.39, 0.29) is 13.2 Å². The second-order valence-electron chi connectivity index (χ2n) is 13.2. The van der Waals surface area contributed by atoms with E-state index in [2.05, 4.69) is 84.0 Å². The molecule has 0 spiro atoms. The number of fused-ring (bicyclic) bond motifs is 8. The quantitative estimate of drug-likeness (QED) is 0.109. The molecule has 0 amide bonds. The molecule has 0 saturated heterocycles. The molecule has 2 aliphatic heterocycles. The van der Waals surface area contributed by atoms with Crippen LogP contribution in [0.2, 0.25) is 0 Å². The van der Waals surface area contributed by atoms with Gasteiger partial charge in [-0.1, -0.05) is 0 Å². The van der Waals surface area contributed by atoms with E-state index in [1.54, 1.807) is 36.7 Å². The zero-order valence-corrected chi connectivity index (χ0v) is 29.7. The average Bonchev–Trinajstić information content (AvgIpc) is 3.85. The average molecular weight is 693 g/mol. The highest BCUT2D eigenvalue weighted by Crippen LogP contribution is 2.37. The lowest BCUT2D eigenvalue weighted by molar-refractivity contribution is 0.0492. The Morgan fingerprint density at radius 2 is 1.08 bits per heavy atom. The maximum atomic E-state index is 12.6. The summed E-state index contributed by atoms with van der Waals surface area (Å²) in [6.45, 7) is 8.90. The van der Waals surface area contributed by atoms with Crippen molar-refractivity contribution in [1.82, 2.24) is 29.9 Å². The molecule has 0 radical (unpaired) electrons. The predicted octanol–water partition coefficient (Wildman–Crippen LogP) is 8.86. The molecule has 262 valence electrons. The van der Waals surface area contributed by atoms with Gasteiger partial charge in [-0.15, -0.1) is 0 Å². The van der Waals surface area contributed by atoms with Gasteiger partial charge in [0.25, 0.3) is 0 Å². The number of H-pyrrole nitrogens is 2. The van der Waals surface area contributed by atoms with E-state index in [9.17, 15) is 9.59 Å². The lowest BCUT2D eigenvalue weighted by Crippen LogP contribution is -2.07. The highest BCUT2D eigenvalue weighted by Gasteiger charge is 2.22. The van der Waals surface area contributed by atoms with Gasteiger partial charge in [-0.3, -0.25) is 9.97 Å². The van der Waals surface area contributed by atoms with Crippen LogP contribution in [-0.2, 0) is 9.47 Å². The van der Waals surface area contributed by atoms with Gasteiger partial charge in [0, 0.05) is 46.9 Å². The van der Waals surface area contributed by atoms with E-state index in [0.29, 0.717) is 36.8 Å². The summed E-state index contributed by atoms with van der Waals surface area (Å²) in [6, 6.07) is 19.5. The van der Waals surface area contributed by atoms with Gasteiger partial charge < -0.3 is 19.4 Å². The summed E-state index contributed by atoms with van der Waals surface area (Å²) in [7, 11) is 0. The molecule has 5 aromatic heterocycles. The zero-order chi connectivity index (χ0) is 36.2. The highest BCUT2D eigenvalue weighted by molar-refractivity contribution is 5.95. The number of aromatic nitrogens is 6. The highest BCUT2D eigenvalue weighted by atomic mass is 16.5. The molecule has 2 aliphatic rings. The van der Waals surface area contributed by atoms with E-state index < -0.39 is 11.9 Å². The number of nitrogens with one attached hydrogen (secondary N) is 2. The van der Waals surface area contributed by atoms with Gasteiger partial charge in [-0.2, -0.15) is 0 Å². The van der Waals surface area contributed by atoms with Crippen molar-refractivity contribution in [2.24, 2.45) is 0 Å². The van der Waals surface area contributed by atoms with Crippen LogP contribution in [-0.4, -0.2) is 55.1 Å². The first kappa shape index (κ1) is 34.3. The van der Waals surface area contributed by atoms with Gasteiger partial charge >= 0.3 is 11.9 Å². The molecule has 0 aromatic carbocycles. The van der Waals surface area contributed by atoms with Crippen molar-refractivity contribution in [3.05, 3.63) is 130 Å². The Kier molecular flexibility index (Phi) is 9.88. The molecule has 0 saturated carbocycles. The number of esters is 2. The summed E-state index contributed by atoms with van der Waals surface area (Å²) >= 11 is 0. The number of carbonyl (C=O) groups is 2. The maximum Gasteiger partial charge on any atom is 0.339 e. The first-order chi connectivity index (χ1) is 25.2. The fourth-order valence-corrected chi connectivity index (χ4v) is 6.59. The zero-order valence-electron chi connectivity index (χ0n) is 29.7. The topological polar surface area (TPSA) is 136 Å². The van der Waals surface area contributed by atoms with Gasteiger partial charge in [0.15, 0.2) is 0 Å². The number of allylic oxidation sites excluding steroid dienone is 4. The van der Waals surface area contributed by atoms with Crippen LogP contribution in [0.5, 0.6) is 0 Å². The molecule has 10 nitrogen and oxygen atoms in total. The molecule has 8 bridgehead atoms. The first-order valence-electron chi connectivity index (χ1n) is 17.5. The van der Waals surface area contributed by atoms with Crippen LogP contribution in [0.4, 0.5) is 0 Å². The molecular weight excluding hydrogens is 653 g/mol. The van der Waals surface area contributed by atoms with Crippen LogP contribution < -0.4 is 0 Å². The number of nitrogens with zero attached hydrogens (tertiary/aromatic N) is 4. The summed E-state index contributed by atoms with van der Waals surface area (Å²) in [5, 5.41) is 0. The second kappa shape index (κ2) is 15.0. The van der Waals surface area contributed by atoms with Crippen LogP contribution in [0.25, 0.3) is 44.4 Å².